The Labute approximate surface area is 98.2 Å². The van der Waals surface area contributed by atoms with E-state index in [0.29, 0.717) is 13.0 Å². The molecule has 1 saturated heterocycles. The van der Waals surface area contributed by atoms with Crippen molar-refractivity contribution in [2.24, 2.45) is 0 Å². The minimum Gasteiger partial charge on any atom is -0.371 e. The van der Waals surface area contributed by atoms with Crippen LogP contribution in [0.2, 0.25) is 0 Å². The molecule has 1 aliphatic rings. The lowest BCUT2D eigenvalue weighted by molar-refractivity contribution is -0.121. The Morgan fingerprint density at radius 3 is 2.88 bits per heavy atom. The van der Waals surface area contributed by atoms with Gasteiger partial charge in [-0.05, 0) is 31.4 Å². The Morgan fingerprint density at radius 2 is 2.12 bits per heavy atom. The predicted molar refractivity (Wildman–Crippen MR) is 60.6 cm³/mol. The zero-order chi connectivity index (χ0) is 12.3. The van der Waals surface area contributed by atoms with Crippen LogP contribution in [-0.2, 0) is 4.79 Å². The summed E-state index contributed by atoms with van der Waals surface area (Å²) in [6.07, 6.45) is 2.48. The minimum absolute atomic E-state index is 0.133. The number of hydrogen-bond acceptors (Lipinski definition) is 2. The summed E-state index contributed by atoms with van der Waals surface area (Å²) in [7, 11) is 0. The van der Waals surface area contributed by atoms with E-state index < -0.39 is 17.7 Å². The number of amides is 1. The molecule has 1 unspecified atom stereocenters. The molecule has 92 valence electrons. The number of benzene rings is 1. The number of anilines is 1. The summed E-state index contributed by atoms with van der Waals surface area (Å²) < 4.78 is 26.1. The fourth-order valence-corrected chi connectivity index (χ4v) is 1.87. The van der Waals surface area contributed by atoms with E-state index >= 15 is 0 Å². The average Bonchev–Trinajstić information content (AvgIpc) is 2.48. The van der Waals surface area contributed by atoms with E-state index in [9.17, 15) is 13.6 Å². The van der Waals surface area contributed by atoms with Gasteiger partial charge in [-0.15, -0.1) is 0 Å². The van der Waals surface area contributed by atoms with Gasteiger partial charge in [0.1, 0.15) is 17.7 Å². The van der Waals surface area contributed by atoms with Crippen LogP contribution < -0.4 is 10.6 Å². The maximum absolute atomic E-state index is 13.4. The molecule has 1 aromatic carbocycles. The van der Waals surface area contributed by atoms with E-state index in [2.05, 4.69) is 10.6 Å². The van der Waals surface area contributed by atoms with E-state index in [1.807, 2.05) is 0 Å². The van der Waals surface area contributed by atoms with Crippen molar-refractivity contribution in [3.8, 4) is 0 Å². The van der Waals surface area contributed by atoms with E-state index in [-0.39, 0.29) is 11.6 Å². The van der Waals surface area contributed by atoms with Gasteiger partial charge in [0.2, 0.25) is 5.91 Å². The third kappa shape index (κ3) is 2.93. The molecule has 2 rings (SSSR count). The van der Waals surface area contributed by atoms with Gasteiger partial charge in [-0.25, -0.2) is 8.78 Å². The Bertz CT molecular complexity index is 423. The van der Waals surface area contributed by atoms with Gasteiger partial charge in [-0.2, -0.15) is 0 Å². The molecule has 0 aromatic heterocycles. The second-order valence-electron chi connectivity index (χ2n) is 4.11. The number of hydrogen-bond donors (Lipinski definition) is 2. The van der Waals surface area contributed by atoms with Crippen LogP contribution >= 0.6 is 0 Å². The van der Waals surface area contributed by atoms with E-state index in [1.54, 1.807) is 0 Å². The molecule has 1 atom stereocenters. The third-order valence-electron chi connectivity index (χ3n) is 2.80. The SMILES string of the molecule is O=C1NCCCCC1Nc1ccc(F)cc1F. The number of carbonyl (C=O) groups is 1. The number of rotatable bonds is 2. The van der Waals surface area contributed by atoms with Crippen molar-refractivity contribution in [2.75, 3.05) is 11.9 Å². The first-order valence-electron chi connectivity index (χ1n) is 5.66. The first-order chi connectivity index (χ1) is 8.16. The van der Waals surface area contributed by atoms with Gasteiger partial charge >= 0.3 is 0 Å². The van der Waals surface area contributed by atoms with E-state index in [4.69, 9.17) is 0 Å². The van der Waals surface area contributed by atoms with Gasteiger partial charge in [-0.3, -0.25) is 4.79 Å². The number of halogens is 2. The number of nitrogens with one attached hydrogen (secondary N) is 2. The molecule has 2 N–H and O–H groups in total. The minimum atomic E-state index is -0.679. The summed E-state index contributed by atoms with van der Waals surface area (Å²) in [4.78, 5) is 11.6. The van der Waals surface area contributed by atoms with Crippen LogP contribution in [0.15, 0.2) is 18.2 Å². The Balaban J connectivity index is 2.10. The zero-order valence-electron chi connectivity index (χ0n) is 9.30. The van der Waals surface area contributed by atoms with Crippen LogP contribution in [0.5, 0.6) is 0 Å². The zero-order valence-corrected chi connectivity index (χ0v) is 9.30. The fraction of sp³-hybridized carbons (Fsp3) is 0.417. The van der Waals surface area contributed by atoms with Gasteiger partial charge in [-0.1, -0.05) is 0 Å². The van der Waals surface area contributed by atoms with Gasteiger partial charge in [0.15, 0.2) is 0 Å². The molecule has 0 spiro atoms. The van der Waals surface area contributed by atoms with Crippen LogP contribution in [0.4, 0.5) is 14.5 Å². The first-order valence-corrected chi connectivity index (χ1v) is 5.66. The van der Waals surface area contributed by atoms with Gasteiger partial charge < -0.3 is 10.6 Å². The highest BCUT2D eigenvalue weighted by Crippen LogP contribution is 2.18. The fourth-order valence-electron chi connectivity index (χ4n) is 1.87. The summed E-state index contributed by atoms with van der Waals surface area (Å²) in [6, 6.07) is 2.83. The predicted octanol–water partition coefficient (Wildman–Crippen LogP) is 2.05. The summed E-state index contributed by atoms with van der Waals surface area (Å²) in [6.45, 7) is 0.656. The Hall–Kier alpha value is -1.65. The van der Waals surface area contributed by atoms with Crippen molar-refractivity contribution in [3.05, 3.63) is 29.8 Å². The van der Waals surface area contributed by atoms with Crippen molar-refractivity contribution in [1.82, 2.24) is 5.32 Å². The van der Waals surface area contributed by atoms with E-state index in [1.165, 1.54) is 12.1 Å². The number of carbonyl (C=O) groups excluding carboxylic acids is 1. The van der Waals surface area contributed by atoms with Crippen LogP contribution in [0.3, 0.4) is 0 Å². The van der Waals surface area contributed by atoms with Crippen molar-refractivity contribution in [1.29, 1.82) is 0 Å². The quantitative estimate of drug-likeness (QED) is 0.830. The molecular weight excluding hydrogens is 226 g/mol. The molecule has 1 heterocycles. The molecular formula is C12H14F2N2O. The van der Waals surface area contributed by atoms with Crippen molar-refractivity contribution in [3.63, 3.8) is 0 Å². The summed E-state index contributed by atoms with van der Waals surface area (Å²) in [5, 5.41) is 5.56. The molecule has 0 aliphatic carbocycles. The van der Waals surface area contributed by atoms with Gasteiger partial charge in [0.25, 0.3) is 0 Å². The second kappa shape index (κ2) is 5.12. The van der Waals surface area contributed by atoms with Crippen LogP contribution in [-0.4, -0.2) is 18.5 Å². The standard InChI is InChI=1S/C12H14F2N2O/c13-8-4-5-10(9(14)7-8)16-11-3-1-2-6-15-12(11)17/h4-5,7,11,16H,1-3,6H2,(H,15,17). The topological polar surface area (TPSA) is 41.1 Å². The second-order valence-corrected chi connectivity index (χ2v) is 4.11. The molecule has 0 saturated carbocycles. The largest absolute Gasteiger partial charge is 0.371 e. The van der Waals surface area contributed by atoms with Crippen molar-refractivity contribution < 1.29 is 13.6 Å². The van der Waals surface area contributed by atoms with Crippen LogP contribution in [0.25, 0.3) is 0 Å². The molecule has 17 heavy (non-hydrogen) atoms. The Kier molecular flexibility index (Phi) is 3.56. The molecule has 1 aliphatic heterocycles. The molecule has 5 heteroatoms. The highest BCUT2D eigenvalue weighted by atomic mass is 19.1. The molecule has 0 bridgehead atoms. The lowest BCUT2D eigenvalue weighted by Crippen LogP contribution is -2.38. The molecule has 1 amide bonds. The van der Waals surface area contributed by atoms with Crippen molar-refractivity contribution in [2.45, 2.75) is 25.3 Å². The highest BCUT2D eigenvalue weighted by Gasteiger charge is 2.21. The maximum Gasteiger partial charge on any atom is 0.242 e. The smallest absolute Gasteiger partial charge is 0.242 e. The lowest BCUT2D eigenvalue weighted by Gasteiger charge is -2.16. The molecule has 0 radical (unpaired) electrons. The molecule has 1 fully saturated rings. The molecule has 3 nitrogen and oxygen atoms in total. The Morgan fingerprint density at radius 1 is 1.29 bits per heavy atom. The lowest BCUT2D eigenvalue weighted by atomic mass is 10.1. The summed E-state index contributed by atoms with van der Waals surface area (Å²) >= 11 is 0. The summed E-state index contributed by atoms with van der Waals surface area (Å²) in [5.74, 6) is -1.44. The van der Waals surface area contributed by atoms with E-state index in [0.717, 1.165) is 18.9 Å². The maximum atomic E-state index is 13.4. The average molecular weight is 240 g/mol. The van der Waals surface area contributed by atoms with Gasteiger partial charge in [0.05, 0.1) is 5.69 Å². The highest BCUT2D eigenvalue weighted by molar-refractivity contribution is 5.84. The monoisotopic (exact) mass is 240 g/mol. The first kappa shape index (κ1) is 11.8. The van der Waals surface area contributed by atoms with Gasteiger partial charge in [0, 0.05) is 12.6 Å². The normalized spacial score (nSPS) is 20.6. The van der Waals surface area contributed by atoms with Crippen LogP contribution in [0.1, 0.15) is 19.3 Å². The van der Waals surface area contributed by atoms with Crippen molar-refractivity contribution >= 4 is 11.6 Å². The third-order valence-corrected chi connectivity index (χ3v) is 2.80. The molecule has 1 aromatic rings. The van der Waals surface area contributed by atoms with Crippen LogP contribution in [0, 0.1) is 11.6 Å². The summed E-state index contributed by atoms with van der Waals surface area (Å²) in [5.41, 5.74) is 0.161.